The summed E-state index contributed by atoms with van der Waals surface area (Å²) < 4.78 is 9.93. The highest BCUT2D eigenvalue weighted by atomic mass is 16.6. The number of anilines is 1. The molecule has 1 aromatic rings. The van der Waals surface area contributed by atoms with Crippen LogP contribution in [0.25, 0.3) is 0 Å². The van der Waals surface area contributed by atoms with E-state index in [2.05, 4.69) is 15.6 Å². The van der Waals surface area contributed by atoms with Gasteiger partial charge in [-0.1, -0.05) is 0 Å². The molecule has 2 rings (SSSR count). The van der Waals surface area contributed by atoms with E-state index in [9.17, 15) is 9.59 Å². The molecule has 0 radical (unpaired) electrons. The number of nitrogens with zero attached hydrogens (tertiary/aromatic N) is 2. The number of carbonyl (C=O) groups excluding carboxylic acids is 2. The monoisotopic (exact) mass is 350 g/mol. The minimum atomic E-state index is -0.252. The molecule has 1 aliphatic heterocycles. The highest BCUT2D eigenvalue weighted by Crippen LogP contribution is 2.17. The lowest BCUT2D eigenvalue weighted by molar-refractivity contribution is 0.0935. The van der Waals surface area contributed by atoms with Gasteiger partial charge in [0.2, 0.25) is 0 Å². The molecule has 2 N–H and O–H groups in total. The van der Waals surface area contributed by atoms with E-state index in [1.807, 2.05) is 0 Å². The number of methoxy groups -OCH3 is 1. The molecule has 8 heteroatoms. The summed E-state index contributed by atoms with van der Waals surface area (Å²) in [6.07, 6.45) is 4.63. The van der Waals surface area contributed by atoms with Gasteiger partial charge in [-0.3, -0.25) is 9.78 Å². The first-order valence-electron chi connectivity index (χ1n) is 8.54. The lowest BCUT2D eigenvalue weighted by atomic mass is 10.1. The van der Waals surface area contributed by atoms with E-state index in [1.165, 1.54) is 6.20 Å². The normalized spacial score (nSPS) is 14.9. The van der Waals surface area contributed by atoms with Crippen molar-refractivity contribution < 1.29 is 19.1 Å². The van der Waals surface area contributed by atoms with Crippen molar-refractivity contribution in [1.82, 2.24) is 15.2 Å². The summed E-state index contributed by atoms with van der Waals surface area (Å²) in [6, 6.07) is 2.02. The van der Waals surface area contributed by atoms with Crippen molar-refractivity contribution in [2.45, 2.75) is 25.8 Å². The van der Waals surface area contributed by atoms with Gasteiger partial charge in [0.1, 0.15) is 0 Å². The van der Waals surface area contributed by atoms with E-state index in [1.54, 1.807) is 31.2 Å². The Morgan fingerprint density at radius 3 is 2.76 bits per heavy atom. The van der Waals surface area contributed by atoms with Crippen molar-refractivity contribution in [3.05, 3.63) is 24.0 Å². The summed E-state index contributed by atoms with van der Waals surface area (Å²) >= 11 is 0. The molecule has 0 aromatic carbocycles. The predicted molar refractivity (Wildman–Crippen MR) is 93.7 cm³/mol. The largest absolute Gasteiger partial charge is 0.450 e. The third-order valence-corrected chi connectivity index (χ3v) is 3.98. The minimum Gasteiger partial charge on any atom is -0.450 e. The molecule has 0 aliphatic carbocycles. The number of nitrogens with one attached hydrogen (secondary N) is 2. The van der Waals surface area contributed by atoms with E-state index in [0.29, 0.717) is 38.4 Å². The molecule has 1 aliphatic rings. The van der Waals surface area contributed by atoms with Gasteiger partial charge in [0.15, 0.2) is 0 Å². The van der Waals surface area contributed by atoms with Gasteiger partial charge in [0.25, 0.3) is 5.91 Å². The predicted octanol–water partition coefficient (Wildman–Crippen LogP) is 1.49. The van der Waals surface area contributed by atoms with Gasteiger partial charge >= 0.3 is 6.09 Å². The van der Waals surface area contributed by atoms with Crippen LogP contribution in [-0.4, -0.2) is 67.9 Å². The minimum absolute atomic E-state index is 0.176. The van der Waals surface area contributed by atoms with E-state index in [4.69, 9.17) is 9.47 Å². The fourth-order valence-corrected chi connectivity index (χ4v) is 2.67. The van der Waals surface area contributed by atoms with E-state index >= 15 is 0 Å². The summed E-state index contributed by atoms with van der Waals surface area (Å²) in [5.41, 5.74) is 1.30. The number of likely N-dealkylation sites (tertiary alicyclic amines) is 1. The maximum Gasteiger partial charge on any atom is 0.409 e. The van der Waals surface area contributed by atoms with Crippen LogP contribution in [0.2, 0.25) is 0 Å². The fourth-order valence-electron chi connectivity index (χ4n) is 2.67. The van der Waals surface area contributed by atoms with Crippen molar-refractivity contribution in [2.75, 3.05) is 45.3 Å². The number of hydrogen-bond acceptors (Lipinski definition) is 6. The first-order chi connectivity index (χ1) is 12.1. The smallest absolute Gasteiger partial charge is 0.409 e. The molecule has 0 spiro atoms. The Labute approximate surface area is 147 Å². The number of piperidine rings is 1. The Morgan fingerprint density at radius 2 is 2.08 bits per heavy atom. The van der Waals surface area contributed by atoms with Crippen LogP contribution in [0.4, 0.5) is 10.5 Å². The average Bonchev–Trinajstić information content (AvgIpc) is 2.63. The van der Waals surface area contributed by atoms with Gasteiger partial charge in [0.05, 0.1) is 24.5 Å². The maximum absolute atomic E-state index is 12.1. The molecule has 0 unspecified atom stereocenters. The van der Waals surface area contributed by atoms with Crippen molar-refractivity contribution in [2.24, 2.45) is 0 Å². The van der Waals surface area contributed by atoms with Crippen LogP contribution in [0.15, 0.2) is 18.5 Å². The summed E-state index contributed by atoms with van der Waals surface area (Å²) in [6.45, 7) is 4.43. The highest BCUT2D eigenvalue weighted by Gasteiger charge is 2.23. The summed E-state index contributed by atoms with van der Waals surface area (Å²) in [5.74, 6) is -0.176. The Kier molecular flexibility index (Phi) is 7.46. The molecule has 8 nitrogen and oxygen atoms in total. The quantitative estimate of drug-likeness (QED) is 0.724. The fraction of sp³-hybridized carbons (Fsp3) is 0.588. The molecule has 2 amide bonds. The standard InChI is InChI=1S/C17H26N4O4/c1-3-25-17(23)21-7-4-14(5-8-21)20-15-10-13(11-18-12-15)16(22)19-6-9-24-2/h10-12,14,20H,3-9H2,1-2H3,(H,19,22). The maximum atomic E-state index is 12.1. The van der Waals surface area contributed by atoms with E-state index < -0.39 is 0 Å². The molecule has 138 valence electrons. The zero-order valence-corrected chi connectivity index (χ0v) is 14.8. The van der Waals surface area contributed by atoms with Gasteiger partial charge in [-0.2, -0.15) is 0 Å². The second kappa shape index (κ2) is 9.83. The third-order valence-electron chi connectivity index (χ3n) is 3.98. The van der Waals surface area contributed by atoms with Crippen molar-refractivity contribution in [3.63, 3.8) is 0 Å². The van der Waals surface area contributed by atoms with Gasteiger partial charge < -0.3 is 25.0 Å². The van der Waals surface area contributed by atoms with Crippen LogP contribution in [0.1, 0.15) is 30.1 Å². The Balaban J connectivity index is 1.84. The van der Waals surface area contributed by atoms with Crippen LogP contribution < -0.4 is 10.6 Å². The van der Waals surface area contributed by atoms with Crippen LogP contribution in [-0.2, 0) is 9.47 Å². The van der Waals surface area contributed by atoms with Crippen molar-refractivity contribution >= 4 is 17.7 Å². The lowest BCUT2D eigenvalue weighted by Crippen LogP contribution is -2.42. The highest BCUT2D eigenvalue weighted by molar-refractivity contribution is 5.94. The van der Waals surface area contributed by atoms with E-state index in [0.717, 1.165) is 18.5 Å². The number of rotatable bonds is 7. The molecule has 0 bridgehead atoms. The van der Waals surface area contributed by atoms with Crippen LogP contribution in [0.3, 0.4) is 0 Å². The lowest BCUT2D eigenvalue weighted by Gasteiger charge is -2.32. The molecule has 1 aromatic heterocycles. The Bertz CT molecular complexity index is 574. The van der Waals surface area contributed by atoms with Gasteiger partial charge in [0, 0.05) is 45.2 Å². The van der Waals surface area contributed by atoms with Gasteiger partial charge in [-0.15, -0.1) is 0 Å². The van der Waals surface area contributed by atoms with Crippen molar-refractivity contribution in [3.8, 4) is 0 Å². The number of pyridine rings is 1. The number of carbonyl (C=O) groups is 2. The van der Waals surface area contributed by atoms with Crippen LogP contribution in [0, 0.1) is 0 Å². The zero-order valence-electron chi connectivity index (χ0n) is 14.8. The summed E-state index contributed by atoms with van der Waals surface area (Å²) in [7, 11) is 1.59. The number of aromatic nitrogens is 1. The molecular formula is C17H26N4O4. The Hall–Kier alpha value is -2.35. The second-order valence-corrected chi connectivity index (χ2v) is 5.82. The van der Waals surface area contributed by atoms with E-state index in [-0.39, 0.29) is 18.0 Å². The topological polar surface area (TPSA) is 92.8 Å². The van der Waals surface area contributed by atoms with Gasteiger partial charge in [-0.25, -0.2) is 4.79 Å². The molecule has 0 saturated carbocycles. The van der Waals surface area contributed by atoms with Crippen molar-refractivity contribution in [1.29, 1.82) is 0 Å². The first kappa shape index (κ1) is 19.0. The SMILES string of the molecule is CCOC(=O)N1CCC(Nc2cncc(C(=O)NCCOC)c2)CC1. The molecule has 25 heavy (non-hydrogen) atoms. The average molecular weight is 350 g/mol. The second-order valence-electron chi connectivity index (χ2n) is 5.82. The summed E-state index contributed by atoms with van der Waals surface area (Å²) in [5, 5.41) is 6.16. The third kappa shape index (κ3) is 5.90. The van der Waals surface area contributed by atoms with Gasteiger partial charge in [-0.05, 0) is 25.8 Å². The number of amides is 2. The molecule has 2 heterocycles. The molecule has 1 saturated heterocycles. The molecular weight excluding hydrogens is 324 g/mol. The molecule has 1 fully saturated rings. The Morgan fingerprint density at radius 1 is 1.32 bits per heavy atom. The molecule has 0 atom stereocenters. The first-order valence-corrected chi connectivity index (χ1v) is 8.54. The van der Waals surface area contributed by atoms with Crippen LogP contribution >= 0.6 is 0 Å². The van der Waals surface area contributed by atoms with Crippen LogP contribution in [0.5, 0.6) is 0 Å². The summed E-state index contributed by atoms with van der Waals surface area (Å²) in [4.78, 5) is 29.6. The zero-order chi connectivity index (χ0) is 18.1. The number of ether oxygens (including phenoxy) is 2. The number of hydrogen-bond donors (Lipinski definition) is 2.